The van der Waals surface area contributed by atoms with Gasteiger partial charge in [-0.1, -0.05) is 0 Å². The van der Waals surface area contributed by atoms with Gasteiger partial charge in [-0.15, -0.1) is 0 Å². The first-order valence-electron chi connectivity index (χ1n) is 6.26. The highest BCUT2D eigenvalue weighted by Gasteiger charge is 2.27. The van der Waals surface area contributed by atoms with Crippen molar-refractivity contribution in [2.45, 2.75) is 50.3 Å². The summed E-state index contributed by atoms with van der Waals surface area (Å²) in [4.78, 5) is 0.0932. The molecule has 0 radical (unpaired) electrons. The van der Waals surface area contributed by atoms with Gasteiger partial charge in [0.2, 0.25) is 10.0 Å². The second-order valence-corrected chi connectivity index (χ2v) is 6.50. The number of aryl methyl sites for hydroxylation is 1. The summed E-state index contributed by atoms with van der Waals surface area (Å²) in [5.74, 6) is 0.537. The van der Waals surface area contributed by atoms with E-state index in [0.29, 0.717) is 19.4 Å². The fourth-order valence-corrected chi connectivity index (χ4v) is 3.74. The predicted octanol–water partition coefficient (Wildman–Crippen LogP) is 0.926. The third-order valence-electron chi connectivity index (χ3n) is 3.18. The molecular weight excluding hydrogens is 270 g/mol. The van der Waals surface area contributed by atoms with Gasteiger partial charge in [0.25, 0.3) is 0 Å². The molecule has 1 aliphatic rings. The summed E-state index contributed by atoms with van der Waals surface area (Å²) in [7, 11) is -3.61. The fourth-order valence-electron chi connectivity index (χ4n) is 2.26. The second kappa shape index (κ2) is 5.62. The first-order valence-corrected chi connectivity index (χ1v) is 7.75. The van der Waals surface area contributed by atoms with Crippen LogP contribution in [-0.4, -0.2) is 32.3 Å². The number of furan rings is 1. The van der Waals surface area contributed by atoms with E-state index in [-0.39, 0.29) is 35.2 Å². The summed E-state index contributed by atoms with van der Waals surface area (Å²) in [5, 5.41) is 8.97. The maximum Gasteiger partial charge on any atom is 0.244 e. The predicted molar refractivity (Wildman–Crippen MR) is 68.1 cm³/mol. The molecule has 0 saturated carbocycles. The fraction of sp³-hybridized carbons (Fsp3) is 0.667. The van der Waals surface area contributed by atoms with Gasteiger partial charge in [-0.2, -0.15) is 0 Å². The highest BCUT2D eigenvalue weighted by Crippen LogP contribution is 2.22. The molecular formula is C12H19NO5S. The Morgan fingerprint density at radius 2 is 2.26 bits per heavy atom. The van der Waals surface area contributed by atoms with Crippen molar-refractivity contribution >= 4 is 10.0 Å². The first kappa shape index (κ1) is 14.5. The average Bonchev–Trinajstić information content (AvgIpc) is 2.71. The van der Waals surface area contributed by atoms with E-state index in [0.717, 1.165) is 0 Å². The molecule has 1 aromatic rings. The molecule has 2 unspecified atom stereocenters. The van der Waals surface area contributed by atoms with Crippen molar-refractivity contribution in [2.24, 2.45) is 0 Å². The maximum atomic E-state index is 12.3. The van der Waals surface area contributed by atoms with E-state index < -0.39 is 10.0 Å². The topological polar surface area (TPSA) is 88.8 Å². The molecule has 6 nitrogen and oxygen atoms in total. The Morgan fingerprint density at radius 1 is 1.53 bits per heavy atom. The van der Waals surface area contributed by atoms with Crippen molar-refractivity contribution in [2.75, 3.05) is 6.61 Å². The van der Waals surface area contributed by atoms with Crippen molar-refractivity contribution in [1.29, 1.82) is 0 Å². The molecule has 7 heteroatoms. The van der Waals surface area contributed by atoms with E-state index in [2.05, 4.69) is 4.72 Å². The summed E-state index contributed by atoms with van der Waals surface area (Å²) in [6.07, 6.45) is 1.37. The number of sulfonamides is 1. The number of nitrogens with one attached hydrogen (secondary N) is 1. The summed E-state index contributed by atoms with van der Waals surface area (Å²) in [6, 6.07) is 1.24. The smallest absolute Gasteiger partial charge is 0.244 e. The molecule has 0 aromatic carbocycles. The largest absolute Gasteiger partial charge is 0.462 e. The SMILES string of the molecule is Cc1oc(CO)cc1S(=O)(=O)NC1CCOC(C)C1. The number of aliphatic hydroxyl groups excluding tert-OH is 1. The van der Waals surface area contributed by atoms with Crippen LogP contribution in [0, 0.1) is 6.92 Å². The number of aliphatic hydroxyl groups is 1. The minimum atomic E-state index is -3.61. The molecule has 1 aromatic heterocycles. The monoisotopic (exact) mass is 289 g/mol. The van der Waals surface area contributed by atoms with E-state index >= 15 is 0 Å². The minimum Gasteiger partial charge on any atom is -0.462 e. The Morgan fingerprint density at radius 3 is 2.84 bits per heavy atom. The zero-order valence-corrected chi connectivity index (χ0v) is 11.9. The van der Waals surface area contributed by atoms with E-state index in [4.69, 9.17) is 14.3 Å². The molecule has 0 amide bonds. The van der Waals surface area contributed by atoms with Gasteiger partial charge < -0.3 is 14.3 Å². The van der Waals surface area contributed by atoms with Crippen molar-refractivity contribution in [1.82, 2.24) is 4.72 Å². The Hall–Kier alpha value is -0.890. The van der Waals surface area contributed by atoms with Gasteiger partial charge >= 0.3 is 0 Å². The van der Waals surface area contributed by atoms with Crippen LogP contribution in [0.2, 0.25) is 0 Å². The van der Waals surface area contributed by atoms with Gasteiger partial charge in [-0.3, -0.25) is 0 Å². The lowest BCUT2D eigenvalue weighted by Crippen LogP contribution is -2.41. The lowest BCUT2D eigenvalue weighted by molar-refractivity contribution is 0.0173. The van der Waals surface area contributed by atoms with Crippen LogP contribution in [-0.2, 0) is 21.4 Å². The van der Waals surface area contributed by atoms with Gasteiger partial charge in [0.1, 0.15) is 23.0 Å². The number of hydrogen-bond acceptors (Lipinski definition) is 5. The quantitative estimate of drug-likeness (QED) is 0.860. The van der Waals surface area contributed by atoms with Crippen LogP contribution in [0.3, 0.4) is 0 Å². The summed E-state index contributed by atoms with van der Waals surface area (Å²) >= 11 is 0. The normalized spacial score (nSPS) is 24.6. The molecule has 1 fully saturated rings. The third kappa shape index (κ3) is 3.36. The summed E-state index contributed by atoms with van der Waals surface area (Å²) in [5.41, 5.74) is 0. The first-order chi connectivity index (χ1) is 8.92. The van der Waals surface area contributed by atoms with Crippen molar-refractivity contribution < 1.29 is 22.7 Å². The molecule has 0 spiro atoms. The van der Waals surface area contributed by atoms with Gasteiger partial charge in [-0.25, -0.2) is 13.1 Å². The summed E-state index contributed by atoms with van der Waals surface area (Å²) in [6.45, 7) is 3.74. The Labute approximate surface area is 112 Å². The molecule has 2 atom stereocenters. The zero-order valence-electron chi connectivity index (χ0n) is 11.0. The minimum absolute atomic E-state index is 0.0555. The maximum absolute atomic E-state index is 12.3. The van der Waals surface area contributed by atoms with Crippen LogP contribution in [0.4, 0.5) is 0 Å². The van der Waals surface area contributed by atoms with Crippen LogP contribution in [0.25, 0.3) is 0 Å². The van der Waals surface area contributed by atoms with E-state index in [1.807, 2.05) is 6.92 Å². The molecule has 2 rings (SSSR count). The van der Waals surface area contributed by atoms with Gasteiger partial charge in [0.15, 0.2) is 0 Å². The van der Waals surface area contributed by atoms with Crippen LogP contribution in [0.1, 0.15) is 31.3 Å². The molecule has 19 heavy (non-hydrogen) atoms. The second-order valence-electron chi connectivity index (χ2n) is 4.82. The van der Waals surface area contributed by atoms with Gasteiger partial charge in [0.05, 0.1) is 6.10 Å². The van der Waals surface area contributed by atoms with E-state index in [1.165, 1.54) is 6.07 Å². The molecule has 2 heterocycles. The molecule has 1 aliphatic heterocycles. The lowest BCUT2D eigenvalue weighted by atomic mass is 10.1. The molecule has 1 saturated heterocycles. The van der Waals surface area contributed by atoms with Crippen LogP contribution < -0.4 is 4.72 Å². The van der Waals surface area contributed by atoms with Crippen molar-refractivity contribution in [3.8, 4) is 0 Å². The van der Waals surface area contributed by atoms with Crippen LogP contribution in [0.15, 0.2) is 15.4 Å². The van der Waals surface area contributed by atoms with Crippen LogP contribution in [0.5, 0.6) is 0 Å². The van der Waals surface area contributed by atoms with E-state index in [1.54, 1.807) is 6.92 Å². The average molecular weight is 289 g/mol. The standard InChI is InChI=1S/C12H19NO5S/c1-8-5-10(3-4-17-8)13-19(15,16)12-6-11(7-14)18-9(12)2/h6,8,10,13-14H,3-5,7H2,1-2H3. The molecule has 2 N–H and O–H groups in total. The van der Waals surface area contributed by atoms with Crippen LogP contribution >= 0.6 is 0 Å². The Balaban J connectivity index is 2.15. The third-order valence-corrected chi connectivity index (χ3v) is 4.80. The van der Waals surface area contributed by atoms with Gasteiger partial charge in [-0.05, 0) is 26.7 Å². The number of ether oxygens (including phenoxy) is 1. The molecule has 108 valence electrons. The Kier molecular flexibility index (Phi) is 4.29. The molecule has 0 bridgehead atoms. The lowest BCUT2D eigenvalue weighted by Gasteiger charge is -2.27. The zero-order chi connectivity index (χ0) is 14.0. The molecule has 0 aliphatic carbocycles. The summed E-state index contributed by atoms with van der Waals surface area (Å²) < 4.78 is 37.8. The highest BCUT2D eigenvalue weighted by atomic mass is 32.2. The van der Waals surface area contributed by atoms with E-state index in [9.17, 15) is 8.42 Å². The van der Waals surface area contributed by atoms with Gasteiger partial charge in [0, 0.05) is 18.7 Å². The number of hydrogen-bond donors (Lipinski definition) is 2. The van der Waals surface area contributed by atoms with Crippen molar-refractivity contribution in [3.63, 3.8) is 0 Å². The van der Waals surface area contributed by atoms with Crippen molar-refractivity contribution in [3.05, 3.63) is 17.6 Å². The number of rotatable bonds is 4. The Bertz CT molecular complexity index is 536. The highest BCUT2D eigenvalue weighted by molar-refractivity contribution is 7.89.